The third-order valence-electron chi connectivity index (χ3n) is 2.39. The summed E-state index contributed by atoms with van der Waals surface area (Å²) < 4.78 is 0. The number of nitrogens with one attached hydrogen (secondary N) is 1. The molecule has 0 atom stereocenters. The molecular weight excluding hydrogens is 178 g/mol. The zero-order valence-electron chi connectivity index (χ0n) is 7.55. The van der Waals surface area contributed by atoms with Crippen molar-refractivity contribution in [1.82, 2.24) is 0 Å². The molecule has 13 heavy (non-hydrogen) atoms. The van der Waals surface area contributed by atoms with Crippen LogP contribution in [-0.2, 0) is 6.42 Å². The van der Waals surface area contributed by atoms with Gasteiger partial charge < -0.3 is 5.32 Å². The highest BCUT2D eigenvalue weighted by Crippen LogP contribution is 2.21. The van der Waals surface area contributed by atoms with Crippen LogP contribution in [-0.4, -0.2) is 4.99 Å². The van der Waals surface area contributed by atoms with E-state index in [4.69, 9.17) is 12.2 Å². The molecule has 0 radical (unpaired) electrons. The van der Waals surface area contributed by atoms with Gasteiger partial charge >= 0.3 is 0 Å². The van der Waals surface area contributed by atoms with E-state index < -0.39 is 0 Å². The number of benzene rings is 1. The van der Waals surface area contributed by atoms with E-state index in [1.807, 2.05) is 0 Å². The lowest BCUT2D eigenvalue weighted by molar-refractivity contribution is 0.760. The van der Waals surface area contributed by atoms with Crippen molar-refractivity contribution in [3.63, 3.8) is 0 Å². The number of rotatable bonds is 0. The van der Waals surface area contributed by atoms with E-state index in [-0.39, 0.29) is 0 Å². The molecule has 1 aromatic rings. The van der Waals surface area contributed by atoms with Gasteiger partial charge in [0.2, 0.25) is 0 Å². The number of thiocarbonyl (C=S) groups is 1. The molecule has 2 rings (SSSR count). The van der Waals surface area contributed by atoms with E-state index in [2.05, 4.69) is 29.6 Å². The Bertz CT molecular complexity index is 320. The zero-order valence-corrected chi connectivity index (χ0v) is 8.36. The van der Waals surface area contributed by atoms with E-state index in [9.17, 15) is 0 Å². The van der Waals surface area contributed by atoms with Gasteiger partial charge in [0.1, 0.15) is 0 Å². The Kier molecular flexibility index (Phi) is 2.60. The molecule has 0 amide bonds. The van der Waals surface area contributed by atoms with Gasteiger partial charge in [0.15, 0.2) is 0 Å². The van der Waals surface area contributed by atoms with Gasteiger partial charge in [0.05, 0.1) is 4.99 Å². The smallest absolute Gasteiger partial charge is 0.0797 e. The van der Waals surface area contributed by atoms with Gasteiger partial charge in [-0.3, -0.25) is 0 Å². The van der Waals surface area contributed by atoms with Crippen LogP contribution in [0.1, 0.15) is 24.8 Å². The fourth-order valence-corrected chi connectivity index (χ4v) is 1.93. The average molecular weight is 191 g/mol. The summed E-state index contributed by atoms with van der Waals surface area (Å²) in [5, 5.41) is 3.29. The van der Waals surface area contributed by atoms with Crippen molar-refractivity contribution in [3.05, 3.63) is 29.8 Å². The molecule has 1 aliphatic heterocycles. The number of aryl methyl sites for hydroxylation is 1. The molecule has 1 aliphatic rings. The minimum atomic E-state index is 0.979. The Balaban J connectivity index is 2.30. The van der Waals surface area contributed by atoms with Gasteiger partial charge in [0.25, 0.3) is 0 Å². The van der Waals surface area contributed by atoms with Crippen molar-refractivity contribution in [2.45, 2.75) is 25.7 Å². The molecule has 0 fully saturated rings. The van der Waals surface area contributed by atoms with Gasteiger partial charge in [-0.05, 0) is 37.3 Å². The van der Waals surface area contributed by atoms with Crippen molar-refractivity contribution in [2.24, 2.45) is 0 Å². The second-order valence-electron chi connectivity index (χ2n) is 3.41. The molecule has 0 saturated carbocycles. The van der Waals surface area contributed by atoms with Gasteiger partial charge in [0, 0.05) is 5.69 Å². The minimum absolute atomic E-state index is 0.979. The fraction of sp³-hybridized carbons (Fsp3) is 0.364. The van der Waals surface area contributed by atoms with Gasteiger partial charge in [-0.15, -0.1) is 0 Å². The second kappa shape index (κ2) is 3.88. The summed E-state index contributed by atoms with van der Waals surface area (Å²) in [6.07, 6.45) is 4.66. The van der Waals surface area contributed by atoms with Crippen LogP contribution in [0.4, 0.5) is 5.69 Å². The quantitative estimate of drug-likeness (QED) is 0.632. The highest BCUT2D eigenvalue weighted by molar-refractivity contribution is 7.80. The maximum Gasteiger partial charge on any atom is 0.0797 e. The number of hydrogen-bond acceptors (Lipinski definition) is 1. The molecular formula is C11H13NS. The highest BCUT2D eigenvalue weighted by Gasteiger charge is 2.07. The van der Waals surface area contributed by atoms with Crippen LogP contribution < -0.4 is 5.32 Å². The van der Waals surface area contributed by atoms with Crippen LogP contribution in [0.15, 0.2) is 24.3 Å². The third-order valence-corrected chi connectivity index (χ3v) is 2.70. The molecule has 0 saturated heterocycles. The standard InChI is InChI=1S/C11H13NS/c13-11-8-4-2-6-9-5-1-3-7-10(9)12-11/h1,3,5,7H,2,4,6,8H2,(H,12,13). The zero-order chi connectivity index (χ0) is 9.10. The van der Waals surface area contributed by atoms with Crippen LogP contribution >= 0.6 is 12.2 Å². The number of anilines is 1. The van der Waals surface area contributed by atoms with Crippen molar-refractivity contribution in [2.75, 3.05) is 5.32 Å². The lowest BCUT2D eigenvalue weighted by Crippen LogP contribution is -2.12. The Morgan fingerprint density at radius 1 is 1.08 bits per heavy atom. The lowest BCUT2D eigenvalue weighted by Gasteiger charge is -2.15. The Morgan fingerprint density at radius 3 is 2.77 bits per heavy atom. The van der Waals surface area contributed by atoms with Crippen LogP contribution in [0, 0.1) is 0 Å². The van der Waals surface area contributed by atoms with Crippen LogP contribution in [0.25, 0.3) is 0 Å². The van der Waals surface area contributed by atoms with E-state index >= 15 is 0 Å². The Morgan fingerprint density at radius 2 is 1.85 bits per heavy atom. The van der Waals surface area contributed by atoms with Crippen molar-refractivity contribution in [1.29, 1.82) is 0 Å². The molecule has 0 aliphatic carbocycles. The lowest BCUT2D eigenvalue weighted by atomic mass is 10.0. The first-order valence-electron chi connectivity index (χ1n) is 4.74. The molecule has 1 nitrogen and oxygen atoms in total. The predicted octanol–water partition coefficient (Wildman–Crippen LogP) is 3.15. The van der Waals surface area contributed by atoms with Crippen molar-refractivity contribution in [3.8, 4) is 0 Å². The summed E-state index contributed by atoms with van der Waals surface area (Å²) >= 11 is 5.22. The first-order chi connectivity index (χ1) is 6.36. The molecule has 0 unspecified atom stereocenters. The summed E-state index contributed by atoms with van der Waals surface area (Å²) in [6.45, 7) is 0. The number of fused-ring (bicyclic) bond motifs is 1. The van der Waals surface area contributed by atoms with E-state index in [1.54, 1.807) is 0 Å². The molecule has 1 N–H and O–H groups in total. The molecule has 1 aromatic carbocycles. The summed E-state index contributed by atoms with van der Waals surface area (Å²) in [7, 11) is 0. The summed E-state index contributed by atoms with van der Waals surface area (Å²) in [5.74, 6) is 0. The highest BCUT2D eigenvalue weighted by atomic mass is 32.1. The van der Waals surface area contributed by atoms with E-state index in [1.165, 1.54) is 30.5 Å². The van der Waals surface area contributed by atoms with Crippen LogP contribution in [0.2, 0.25) is 0 Å². The normalized spacial score (nSPS) is 16.8. The summed E-state index contributed by atoms with van der Waals surface area (Å²) in [5.41, 5.74) is 2.59. The van der Waals surface area contributed by atoms with Crippen LogP contribution in [0.3, 0.4) is 0 Å². The van der Waals surface area contributed by atoms with E-state index in [0.29, 0.717) is 0 Å². The fourth-order valence-electron chi connectivity index (χ4n) is 1.67. The Labute approximate surface area is 84.2 Å². The largest absolute Gasteiger partial charge is 0.350 e. The third kappa shape index (κ3) is 2.07. The maximum absolute atomic E-state index is 5.22. The number of para-hydroxylation sites is 1. The SMILES string of the molecule is S=C1CCCCc2ccccc2N1. The van der Waals surface area contributed by atoms with Gasteiger partial charge in [-0.2, -0.15) is 0 Å². The van der Waals surface area contributed by atoms with Crippen molar-refractivity contribution < 1.29 is 0 Å². The molecule has 1 heterocycles. The van der Waals surface area contributed by atoms with Crippen LogP contribution in [0.5, 0.6) is 0 Å². The summed E-state index contributed by atoms with van der Waals surface area (Å²) in [4.78, 5) is 0.979. The molecule has 0 bridgehead atoms. The maximum atomic E-state index is 5.22. The van der Waals surface area contributed by atoms with Gasteiger partial charge in [-0.1, -0.05) is 30.4 Å². The number of hydrogen-bond donors (Lipinski definition) is 1. The first kappa shape index (κ1) is 8.70. The molecule has 0 aromatic heterocycles. The average Bonchev–Trinajstić information content (AvgIpc) is 2.11. The predicted molar refractivity (Wildman–Crippen MR) is 60.2 cm³/mol. The monoisotopic (exact) mass is 191 g/mol. The van der Waals surface area contributed by atoms with E-state index in [0.717, 1.165) is 11.4 Å². The molecule has 68 valence electrons. The Hall–Kier alpha value is -0.890. The molecule has 2 heteroatoms. The summed E-state index contributed by atoms with van der Waals surface area (Å²) in [6, 6.07) is 8.42. The molecule has 0 spiro atoms. The first-order valence-corrected chi connectivity index (χ1v) is 5.15. The topological polar surface area (TPSA) is 12.0 Å². The van der Waals surface area contributed by atoms with Gasteiger partial charge in [-0.25, -0.2) is 0 Å². The minimum Gasteiger partial charge on any atom is -0.350 e. The van der Waals surface area contributed by atoms with Crippen molar-refractivity contribution >= 4 is 22.9 Å². The second-order valence-corrected chi connectivity index (χ2v) is 3.91.